The molecule has 0 aliphatic heterocycles. The van der Waals surface area contributed by atoms with Gasteiger partial charge in [0.25, 0.3) is 5.56 Å². The molecule has 0 radical (unpaired) electrons. The lowest BCUT2D eigenvalue weighted by molar-refractivity contribution is -0.141. The van der Waals surface area contributed by atoms with Crippen LogP contribution in [0.2, 0.25) is 0 Å². The third-order valence-electron chi connectivity index (χ3n) is 2.93. The Morgan fingerprint density at radius 2 is 2.29 bits per heavy atom. The molecule has 2 N–H and O–H groups in total. The predicted octanol–water partition coefficient (Wildman–Crippen LogP) is 0.736. The highest BCUT2D eigenvalue weighted by molar-refractivity contribution is 7.98. The molecule has 0 fully saturated rings. The summed E-state index contributed by atoms with van der Waals surface area (Å²) in [6, 6.07) is 4.55. The summed E-state index contributed by atoms with van der Waals surface area (Å²) in [5.41, 5.74) is 7.87. The minimum absolute atomic E-state index is 0.118. The smallest absolute Gasteiger partial charge is 0.323 e. The molecule has 2 aromatic heterocycles. The summed E-state index contributed by atoms with van der Waals surface area (Å²) in [7, 11) is 1.31. The normalized spacial score (nSPS) is 12.3. The monoisotopic (exact) mass is 307 g/mol. The van der Waals surface area contributed by atoms with Gasteiger partial charge in [-0.2, -0.15) is 11.8 Å². The second-order valence-electron chi connectivity index (χ2n) is 4.66. The number of aromatic nitrogens is 2. The molecule has 2 aromatic rings. The van der Waals surface area contributed by atoms with Crippen LogP contribution >= 0.6 is 11.8 Å². The van der Waals surface area contributed by atoms with Crippen molar-refractivity contribution in [3.63, 3.8) is 0 Å². The fraction of sp³-hybridized carbons (Fsp3) is 0.357. The van der Waals surface area contributed by atoms with Crippen LogP contribution in [0.25, 0.3) is 5.65 Å². The molecule has 0 saturated heterocycles. The zero-order valence-electron chi connectivity index (χ0n) is 11.9. The van der Waals surface area contributed by atoms with E-state index in [1.54, 1.807) is 6.20 Å². The fourth-order valence-electron chi connectivity index (χ4n) is 1.84. The number of rotatable bonds is 5. The van der Waals surface area contributed by atoms with E-state index in [-0.39, 0.29) is 5.56 Å². The van der Waals surface area contributed by atoms with Crippen LogP contribution in [-0.2, 0) is 15.3 Å². The summed E-state index contributed by atoms with van der Waals surface area (Å²) < 4.78 is 6.06. The van der Waals surface area contributed by atoms with E-state index in [0.717, 1.165) is 5.56 Å². The van der Waals surface area contributed by atoms with E-state index in [1.807, 2.05) is 19.1 Å². The first-order valence-electron chi connectivity index (χ1n) is 6.41. The van der Waals surface area contributed by atoms with Gasteiger partial charge in [0.1, 0.15) is 11.7 Å². The van der Waals surface area contributed by atoms with E-state index >= 15 is 0 Å². The van der Waals surface area contributed by atoms with Gasteiger partial charge in [0.2, 0.25) is 0 Å². The highest BCUT2D eigenvalue weighted by Gasteiger charge is 2.13. The number of esters is 1. The molecule has 0 saturated carbocycles. The van der Waals surface area contributed by atoms with Crippen LogP contribution in [0.4, 0.5) is 0 Å². The van der Waals surface area contributed by atoms with Crippen molar-refractivity contribution < 1.29 is 9.53 Å². The highest BCUT2D eigenvalue weighted by Crippen LogP contribution is 2.11. The standard InChI is InChI=1S/C14H17N3O3S/c1-9-3-4-17-12(5-9)16-10(6-13(17)18)7-21-8-11(15)14(19)20-2/h3-6,11H,7-8,15H2,1-2H3. The average Bonchev–Trinajstić information content (AvgIpc) is 2.45. The Morgan fingerprint density at radius 1 is 1.52 bits per heavy atom. The highest BCUT2D eigenvalue weighted by atomic mass is 32.2. The molecule has 21 heavy (non-hydrogen) atoms. The molecule has 112 valence electrons. The van der Waals surface area contributed by atoms with Crippen LogP contribution in [0.1, 0.15) is 11.3 Å². The lowest BCUT2D eigenvalue weighted by atomic mass is 10.3. The largest absolute Gasteiger partial charge is 0.468 e. The molecule has 2 heterocycles. The number of nitrogens with zero attached hydrogens (tertiary/aromatic N) is 2. The molecule has 1 atom stereocenters. The van der Waals surface area contributed by atoms with Gasteiger partial charge < -0.3 is 10.5 Å². The summed E-state index contributed by atoms with van der Waals surface area (Å²) in [6.07, 6.45) is 1.71. The van der Waals surface area contributed by atoms with Crippen LogP contribution in [0, 0.1) is 6.92 Å². The molecule has 0 aliphatic rings. The van der Waals surface area contributed by atoms with E-state index in [1.165, 1.54) is 29.3 Å². The van der Waals surface area contributed by atoms with Gasteiger partial charge in [-0.1, -0.05) is 0 Å². The summed E-state index contributed by atoms with van der Waals surface area (Å²) in [5, 5.41) is 0. The summed E-state index contributed by atoms with van der Waals surface area (Å²) >= 11 is 1.44. The maximum atomic E-state index is 12.0. The van der Waals surface area contributed by atoms with Crippen molar-refractivity contribution in [2.45, 2.75) is 18.7 Å². The molecule has 0 aliphatic carbocycles. The van der Waals surface area contributed by atoms with Crippen LogP contribution in [-0.4, -0.2) is 34.3 Å². The first-order chi connectivity index (χ1) is 10.0. The Balaban J connectivity index is 2.09. The second-order valence-corrected chi connectivity index (χ2v) is 5.69. The molecule has 0 aromatic carbocycles. The Bertz CT molecular complexity index is 714. The number of aryl methyl sites for hydroxylation is 1. The number of fused-ring (bicyclic) bond motifs is 1. The van der Waals surface area contributed by atoms with Gasteiger partial charge in [0.05, 0.1) is 12.8 Å². The third kappa shape index (κ3) is 3.83. The number of methoxy groups -OCH3 is 1. The zero-order valence-corrected chi connectivity index (χ0v) is 12.7. The van der Waals surface area contributed by atoms with Crippen molar-refractivity contribution in [2.75, 3.05) is 12.9 Å². The molecular formula is C14H17N3O3S. The molecule has 2 rings (SSSR count). The predicted molar refractivity (Wildman–Crippen MR) is 82.4 cm³/mol. The lowest BCUT2D eigenvalue weighted by Gasteiger charge is -2.09. The first kappa shape index (κ1) is 15.5. The van der Waals surface area contributed by atoms with Crippen LogP contribution in [0.3, 0.4) is 0 Å². The van der Waals surface area contributed by atoms with Crippen LogP contribution in [0.15, 0.2) is 29.2 Å². The molecule has 0 bridgehead atoms. The van der Waals surface area contributed by atoms with E-state index in [9.17, 15) is 9.59 Å². The lowest BCUT2D eigenvalue weighted by Crippen LogP contribution is -2.33. The Labute approximate surface area is 126 Å². The van der Waals surface area contributed by atoms with E-state index in [4.69, 9.17) is 5.73 Å². The summed E-state index contributed by atoms with van der Waals surface area (Å²) in [5.74, 6) is 0.496. The van der Waals surface area contributed by atoms with Crippen molar-refractivity contribution in [3.05, 3.63) is 46.0 Å². The van der Waals surface area contributed by atoms with Crippen molar-refractivity contribution >= 4 is 23.4 Å². The number of thioether (sulfide) groups is 1. The molecule has 0 amide bonds. The number of carbonyl (C=O) groups excluding carboxylic acids is 1. The minimum Gasteiger partial charge on any atom is -0.468 e. The number of ether oxygens (including phenoxy) is 1. The van der Waals surface area contributed by atoms with Crippen molar-refractivity contribution in [2.24, 2.45) is 5.73 Å². The molecule has 0 spiro atoms. The quantitative estimate of drug-likeness (QED) is 0.820. The molecule has 6 nitrogen and oxygen atoms in total. The maximum absolute atomic E-state index is 12.0. The molecular weight excluding hydrogens is 290 g/mol. The number of hydrogen-bond donors (Lipinski definition) is 1. The van der Waals surface area contributed by atoms with Crippen molar-refractivity contribution in [3.8, 4) is 0 Å². The maximum Gasteiger partial charge on any atom is 0.323 e. The average molecular weight is 307 g/mol. The second kappa shape index (κ2) is 6.73. The van der Waals surface area contributed by atoms with Gasteiger partial charge in [-0.15, -0.1) is 0 Å². The van der Waals surface area contributed by atoms with E-state index in [2.05, 4.69) is 9.72 Å². The summed E-state index contributed by atoms with van der Waals surface area (Å²) in [6.45, 7) is 1.95. The van der Waals surface area contributed by atoms with Crippen molar-refractivity contribution in [1.29, 1.82) is 0 Å². The van der Waals surface area contributed by atoms with Crippen LogP contribution < -0.4 is 11.3 Å². The van der Waals surface area contributed by atoms with Gasteiger partial charge in [-0.25, -0.2) is 4.98 Å². The van der Waals surface area contributed by atoms with Gasteiger partial charge in [0, 0.05) is 23.8 Å². The van der Waals surface area contributed by atoms with E-state index < -0.39 is 12.0 Å². The number of pyridine rings is 1. The molecule has 1 unspecified atom stereocenters. The minimum atomic E-state index is -0.663. The van der Waals surface area contributed by atoms with Gasteiger partial charge in [0.15, 0.2) is 0 Å². The Kier molecular flexibility index (Phi) is 4.98. The summed E-state index contributed by atoms with van der Waals surface area (Å²) in [4.78, 5) is 27.6. The fourth-order valence-corrected chi connectivity index (χ4v) is 2.70. The molecule has 7 heteroatoms. The zero-order chi connectivity index (χ0) is 15.4. The number of hydrogen-bond acceptors (Lipinski definition) is 6. The van der Waals surface area contributed by atoms with Crippen LogP contribution in [0.5, 0.6) is 0 Å². The van der Waals surface area contributed by atoms with Crippen molar-refractivity contribution in [1.82, 2.24) is 9.38 Å². The topological polar surface area (TPSA) is 86.7 Å². The first-order valence-corrected chi connectivity index (χ1v) is 7.57. The third-order valence-corrected chi connectivity index (χ3v) is 4.02. The Morgan fingerprint density at radius 3 is 3.00 bits per heavy atom. The van der Waals surface area contributed by atoms with Gasteiger partial charge >= 0.3 is 5.97 Å². The van der Waals surface area contributed by atoms with E-state index in [0.29, 0.717) is 22.8 Å². The van der Waals surface area contributed by atoms with Gasteiger partial charge in [-0.3, -0.25) is 14.0 Å². The number of carbonyl (C=O) groups is 1. The number of nitrogens with two attached hydrogens (primary N) is 1. The van der Waals surface area contributed by atoms with Gasteiger partial charge in [-0.05, 0) is 24.6 Å². The Hall–Kier alpha value is -1.86. The SMILES string of the molecule is COC(=O)C(N)CSCc1cc(=O)n2ccc(C)cc2n1.